The Kier molecular flexibility index (Phi) is 2.93. The highest BCUT2D eigenvalue weighted by Gasteiger charge is 2.34. The minimum Gasteiger partial charge on any atom is -0.480 e. The molecule has 0 saturated carbocycles. The van der Waals surface area contributed by atoms with Gasteiger partial charge in [-0.15, -0.1) is 0 Å². The van der Waals surface area contributed by atoms with Crippen molar-refractivity contribution in [3.8, 4) is 0 Å². The van der Waals surface area contributed by atoms with Crippen molar-refractivity contribution in [3.05, 3.63) is 29.3 Å². The molecule has 0 aliphatic carbocycles. The van der Waals surface area contributed by atoms with Crippen molar-refractivity contribution in [3.63, 3.8) is 0 Å². The minimum atomic E-state index is -0.967. The van der Waals surface area contributed by atoms with E-state index in [1.165, 1.54) is 4.90 Å². The molecule has 2 aliphatic rings. The molecule has 2 amide bonds. The number of carboxylic acid groups (broad SMARTS) is 1. The van der Waals surface area contributed by atoms with Gasteiger partial charge in [-0.2, -0.15) is 0 Å². The van der Waals surface area contributed by atoms with Crippen LogP contribution < -0.4 is 5.32 Å². The van der Waals surface area contributed by atoms with Gasteiger partial charge in [-0.1, -0.05) is 6.07 Å². The number of hydrogen-bond acceptors (Lipinski definition) is 3. The number of nitrogens with zero attached hydrogens (tertiary/aromatic N) is 1. The molecule has 1 unspecified atom stereocenters. The Balaban J connectivity index is 1.86. The standard InChI is InChI=1S/C14H14N2O4/c17-12-7-8-3-4-9(6-10(8)15-12)13(18)16-5-1-2-11(16)14(19)20/h3-4,6,11H,1-2,5,7H2,(H,15,17)(H,19,20). The third kappa shape index (κ3) is 2.03. The number of amides is 2. The molecule has 104 valence electrons. The minimum absolute atomic E-state index is 0.0887. The summed E-state index contributed by atoms with van der Waals surface area (Å²) in [5.41, 5.74) is 1.92. The molecule has 0 radical (unpaired) electrons. The maximum Gasteiger partial charge on any atom is 0.326 e. The smallest absolute Gasteiger partial charge is 0.326 e. The quantitative estimate of drug-likeness (QED) is 0.837. The fourth-order valence-electron chi connectivity index (χ4n) is 2.78. The van der Waals surface area contributed by atoms with E-state index in [1.54, 1.807) is 18.2 Å². The van der Waals surface area contributed by atoms with Crippen LogP contribution in [0.15, 0.2) is 18.2 Å². The summed E-state index contributed by atoms with van der Waals surface area (Å²) in [6.45, 7) is 0.458. The largest absolute Gasteiger partial charge is 0.480 e. The molecule has 3 rings (SSSR count). The molecule has 2 N–H and O–H groups in total. The van der Waals surface area contributed by atoms with Gasteiger partial charge in [0.2, 0.25) is 5.91 Å². The Hall–Kier alpha value is -2.37. The molecule has 6 heteroatoms. The number of nitrogens with one attached hydrogen (secondary N) is 1. The summed E-state index contributed by atoms with van der Waals surface area (Å²) in [5.74, 6) is -1.35. The number of anilines is 1. The van der Waals surface area contributed by atoms with Crippen LogP contribution in [0.3, 0.4) is 0 Å². The van der Waals surface area contributed by atoms with Crippen LogP contribution in [0.2, 0.25) is 0 Å². The predicted molar refractivity (Wildman–Crippen MR) is 70.5 cm³/mol. The van der Waals surface area contributed by atoms with E-state index in [2.05, 4.69) is 5.32 Å². The Labute approximate surface area is 115 Å². The van der Waals surface area contributed by atoms with Crippen molar-refractivity contribution in [2.24, 2.45) is 0 Å². The fourth-order valence-corrected chi connectivity index (χ4v) is 2.78. The molecule has 1 atom stereocenters. The van der Waals surface area contributed by atoms with E-state index >= 15 is 0 Å². The number of benzene rings is 1. The Morgan fingerprint density at radius 3 is 2.90 bits per heavy atom. The first-order valence-electron chi connectivity index (χ1n) is 6.53. The predicted octanol–water partition coefficient (Wildman–Crippen LogP) is 0.870. The number of rotatable bonds is 2. The molecule has 20 heavy (non-hydrogen) atoms. The first-order chi connectivity index (χ1) is 9.56. The molecule has 1 aromatic rings. The van der Waals surface area contributed by atoms with Gasteiger partial charge >= 0.3 is 5.97 Å². The topological polar surface area (TPSA) is 86.7 Å². The molecule has 2 heterocycles. The molecule has 1 aromatic carbocycles. The average molecular weight is 274 g/mol. The third-order valence-corrected chi connectivity index (χ3v) is 3.78. The molecule has 0 spiro atoms. The first kappa shape index (κ1) is 12.7. The van der Waals surface area contributed by atoms with Gasteiger partial charge in [0.15, 0.2) is 0 Å². The van der Waals surface area contributed by atoms with E-state index in [1.807, 2.05) is 0 Å². The van der Waals surface area contributed by atoms with E-state index < -0.39 is 12.0 Å². The number of hydrogen-bond donors (Lipinski definition) is 2. The van der Waals surface area contributed by atoms with Crippen LogP contribution in [0, 0.1) is 0 Å². The summed E-state index contributed by atoms with van der Waals surface area (Å²) in [7, 11) is 0. The summed E-state index contributed by atoms with van der Waals surface area (Å²) < 4.78 is 0. The van der Waals surface area contributed by atoms with Gasteiger partial charge in [-0.3, -0.25) is 9.59 Å². The molecule has 1 fully saturated rings. The lowest BCUT2D eigenvalue weighted by Crippen LogP contribution is -2.40. The molecule has 1 saturated heterocycles. The zero-order valence-corrected chi connectivity index (χ0v) is 10.8. The zero-order valence-electron chi connectivity index (χ0n) is 10.8. The van der Waals surface area contributed by atoms with Gasteiger partial charge in [0.05, 0.1) is 6.42 Å². The van der Waals surface area contributed by atoms with Crippen LogP contribution in [-0.4, -0.2) is 40.4 Å². The fraction of sp³-hybridized carbons (Fsp3) is 0.357. The van der Waals surface area contributed by atoms with E-state index in [4.69, 9.17) is 5.11 Å². The monoisotopic (exact) mass is 274 g/mol. The van der Waals surface area contributed by atoms with E-state index in [0.717, 1.165) is 5.56 Å². The Morgan fingerprint density at radius 2 is 2.15 bits per heavy atom. The van der Waals surface area contributed by atoms with E-state index in [0.29, 0.717) is 37.1 Å². The van der Waals surface area contributed by atoms with Crippen LogP contribution in [-0.2, 0) is 16.0 Å². The molecule has 0 aromatic heterocycles. The summed E-state index contributed by atoms with van der Waals surface area (Å²) in [5, 5.41) is 11.8. The summed E-state index contributed by atoms with van der Waals surface area (Å²) >= 11 is 0. The van der Waals surface area contributed by atoms with Crippen molar-refractivity contribution in [2.75, 3.05) is 11.9 Å². The maximum absolute atomic E-state index is 12.4. The van der Waals surface area contributed by atoms with Crippen LogP contribution in [0.25, 0.3) is 0 Å². The van der Waals surface area contributed by atoms with Gasteiger partial charge in [0, 0.05) is 17.8 Å². The lowest BCUT2D eigenvalue weighted by atomic mass is 10.1. The van der Waals surface area contributed by atoms with Gasteiger partial charge in [0.1, 0.15) is 6.04 Å². The number of aliphatic carboxylic acids is 1. The molecular formula is C14H14N2O4. The second-order valence-electron chi connectivity index (χ2n) is 5.09. The third-order valence-electron chi connectivity index (χ3n) is 3.78. The van der Waals surface area contributed by atoms with Gasteiger partial charge in [-0.25, -0.2) is 4.79 Å². The highest BCUT2D eigenvalue weighted by atomic mass is 16.4. The molecule has 2 aliphatic heterocycles. The number of carbonyl (C=O) groups is 3. The van der Waals surface area contributed by atoms with Crippen LogP contribution in [0.4, 0.5) is 5.69 Å². The second kappa shape index (κ2) is 4.63. The van der Waals surface area contributed by atoms with E-state index in [9.17, 15) is 14.4 Å². The molecule has 0 bridgehead atoms. The second-order valence-corrected chi connectivity index (χ2v) is 5.09. The van der Waals surface area contributed by atoms with Crippen molar-refractivity contribution in [1.29, 1.82) is 0 Å². The summed E-state index contributed by atoms with van der Waals surface area (Å²) in [6.07, 6.45) is 1.51. The number of carbonyl (C=O) groups excluding carboxylic acids is 2. The number of carboxylic acids is 1. The average Bonchev–Trinajstić information content (AvgIpc) is 3.01. The lowest BCUT2D eigenvalue weighted by Gasteiger charge is -2.21. The van der Waals surface area contributed by atoms with Gasteiger partial charge in [-0.05, 0) is 30.5 Å². The summed E-state index contributed by atoms with van der Waals surface area (Å²) in [4.78, 5) is 36.2. The van der Waals surface area contributed by atoms with Gasteiger partial charge in [0.25, 0.3) is 5.91 Å². The normalized spacial score (nSPS) is 20.7. The first-order valence-corrected chi connectivity index (χ1v) is 6.53. The maximum atomic E-state index is 12.4. The van der Waals surface area contributed by atoms with Crippen LogP contribution in [0.5, 0.6) is 0 Å². The number of fused-ring (bicyclic) bond motifs is 1. The summed E-state index contributed by atoms with van der Waals surface area (Å²) in [6, 6.07) is 4.27. The van der Waals surface area contributed by atoms with Crippen LogP contribution in [0.1, 0.15) is 28.8 Å². The molecule has 6 nitrogen and oxygen atoms in total. The van der Waals surface area contributed by atoms with Crippen LogP contribution >= 0.6 is 0 Å². The number of likely N-dealkylation sites (tertiary alicyclic amines) is 1. The molecular weight excluding hydrogens is 260 g/mol. The Morgan fingerprint density at radius 1 is 1.35 bits per heavy atom. The zero-order chi connectivity index (χ0) is 14.3. The highest BCUT2D eigenvalue weighted by molar-refractivity contribution is 6.03. The lowest BCUT2D eigenvalue weighted by molar-refractivity contribution is -0.141. The van der Waals surface area contributed by atoms with Crippen molar-refractivity contribution in [1.82, 2.24) is 4.90 Å². The van der Waals surface area contributed by atoms with Gasteiger partial charge < -0.3 is 15.3 Å². The van der Waals surface area contributed by atoms with Crippen molar-refractivity contribution in [2.45, 2.75) is 25.3 Å². The van der Waals surface area contributed by atoms with Crippen molar-refractivity contribution < 1.29 is 19.5 Å². The van der Waals surface area contributed by atoms with Crippen molar-refractivity contribution >= 4 is 23.5 Å². The SMILES string of the molecule is O=C1Cc2ccc(C(=O)N3CCCC3C(=O)O)cc2N1. The van der Waals surface area contributed by atoms with E-state index in [-0.39, 0.29) is 11.8 Å². The Bertz CT molecular complexity index is 611. The highest BCUT2D eigenvalue weighted by Crippen LogP contribution is 2.26.